The molecule has 1 amide bonds. The van der Waals surface area contributed by atoms with E-state index in [1.807, 2.05) is 50.2 Å². The van der Waals surface area contributed by atoms with E-state index in [4.69, 9.17) is 9.47 Å². The van der Waals surface area contributed by atoms with Crippen molar-refractivity contribution in [3.8, 4) is 28.4 Å². The predicted molar refractivity (Wildman–Crippen MR) is 144 cm³/mol. The Morgan fingerprint density at radius 1 is 1.05 bits per heavy atom. The summed E-state index contributed by atoms with van der Waals surface area (Å²) in [7, 11) is 1.66. The fourth-order valence-electron chi connectivity index (χ4n) is 4.70. The number of aryl methyl sites for hydroxylation is 3. The second-order valence-corrected chi connectivity index (χ2v) is 10.4. The molecule has 196 valence electrons. The highest BCUT2D eigenvalue weighted by molar-refractivity contribution is 5.80. The van der Waals surface area contributed by atoms with Gasteiger partial charge in [0.15, 0.2) is 6.61 Å². The van der Waals surface area contributed by atoms with Crippen LogP contribution in [0.2, 0.25) is 0 Å². The predicted octanol–water partition coefficient (Wildman–Crippen LogP) is 5.13. The van der Waals surface area contributed by atoms with Gasteiger partial charge in [0.2, 0.25) is 0 Å². The molecule has 2 N–H and O–H groups in total. The number of hydrogen-bond acceptors (Lipinski definition) is 5. The average molecular weight is 505 g/mol. The Morgan fingerprint density at radius 2 is 1.73 bits per heavy atom. The van der Waals surface area contributed by atoms with Crippen LogP contribution in [0.5, 0.6) is 17.2 Å². The van der Waals surface area contributed by atoms with Crippen molar-refractivity contribution in [2.45, 2.75) is 65.0 Å². The van der Waals surface area contributed by atoms with E-state index in [-0.39, 0.29) is 29.9 Å². The Morgan fingerprint density at radius 3 is 2.38 bits per heavy atom. The first-order valence-corrected chi connectivity index (χ1v) is 12.8. The monoisotopic (exact) mass is 504 g/mol. The molecule has 7 heteroatoms. The van der Waals surface area contributed by atoms with Gasteiger partial charge < -0.3 is 24.5 Å². The molecule has 7 nitrogen and oxygen atoms in total. The Balaban J connectivity index is 1.76. The molecule has 0 aliphatic heterocycles. The zero-order chi connectivity index (χ0) is 26.7. The number of hydrogen-bond donors (Lipinski definition) is 2. The summed E-state index contributed by atoms with van der Waals surface area (Å²) in [5.74, 6) is 1.35. The fraction of sp³-hybridized carbons (Fsp3) is 0.400. The van der Waals surface area contributed by atoms with Crippen LogP contribution < -0.4 is 20.3 Å². The van der Waals surface area contributed by atoms with Crippen LogP contribution in [-0.2, 0) is 17.4 Å². The largest absolute Gasteiger partial charge is 0.483 e. The number of aliphatic hydroxyl groups is 1. The van der Waals surface area contributed by atoms with E-state index >= 15 is 0 Å². The van der Waals surface area contributed by atoms with Crippen molar-refractivity contribution in [2.75, 3.05) is 6.61 Å². The van der Waals surface area contributed by atoms with E-state index in [0.29, 0.717) is 22.4 Å². The van der Waals surface area contributed by atoms with E-state index in [2.05, 4.69) is 5.32 Å². The third-order valence-corrected chi connectivity index (χ3v) is 6.87. The van der Waals surface area contributed by atoms with E-state index in [9.17, 15) is 14.7 Å². The van der Waals surface area contributed by atoms with E-state index in [1.165, 1.54) is 10.6 Å². The van der Waals surface area contributed by atoms with Gasteiger partial charge in [-0.1, -0.05) is 37.1 Å². The topological polar surface area (TPSA) is 89.8 Å². The highest BCUT2D eigenvalue weighted by atomic mass is 16.5. The second-order valence-electron chi connectivity index (χ2n) is 10.4. The molecule has 1 fully saturated rings. The van der Waals surface area contributed by atoms with Gasteiger partial charge >= 0.3 is 0 Å². The van der Waals surface area contributed by atoms with Crippen LogP contribution in [0.25, 0.3) is 11.1 Å². The van der Waals surface area contributed by atoms with Gasteiger partial charge in [0.05, 0.1) is 5.60 Å². The molecule has 0 atom stereocenters. The average Bonchev–Trinajstić information content (AvgIpc) is 3.34. The summed E-state index contributed by atoms with van der Waals surface area (Å²) in [4.78, 5) is 25.1. The van der Waals surface area contributed by atoms with Crippen LogP contribution in [0.1, 0.15) is 56.2 Å². The van der Waals surface area contributed by atoms with E-state index in [0.717, 1.165) is 42.6 Å². The number of nitrogens with one attached hydrogen (secondary N) is 1. The van der Waals surface area contributed by atoms with Crippen molar-refractivity contribution in [1.29, 1.82) is 0 Å². The van der Waals surface area contributed by atoms with Gasteiger partial charge in [-0.2, -0.15) is 0 Å². The molecule has 0 unspecified atom stereocenters. The molecule has 2 aromatic carbocycles. The number of para-hydroxylation sites is 1. The lowest BCUT2D eigenvalue weighted by Gasteiger charge is -2.22. The lowest BCUT2D eigenvalue weighted by atomic mass is 9.93. The number of carbonyl (C=O) groups excluding carboxylic acids is 1. The van der Waals surface area contributed by atoms with Gasteiger partial charge in [-0.3, -0.25) is 9.59 Å². The van der Waals surface area contributed by atoms with Crippen molar-refractivity contribution < 1.29 is 19.4 Å². The van der Waals surface area contributed by atoms with E-state index in [1.54, 1.807) is 27.1 Å². The van der Waals surface area contributed by atoms with Crippen molar-refractivity contribution >= 4 is 5.91 Å². The number of nitrogens with zero attached hydrogens (tertiary/aromatic N) is 1. The van der Waals surface area contributed by atoms with Gasteiger partial charge in [-0.15, -0.1) is 0 Å². The van der Waals surface area contributed by atoms with Gasteiger partial charge in [0, 0.05) is 36.5 Å². The minimum Gasteiger partial charge on any atom is -0.483 e. The normalized spacial score (nSPS) is 14.0. The van der Waals surface area contributed by atoms with Crippen LogP contribution in [0, 0.1) is 13.8 Å². The van der Waals surface area contributed by atoms with Crippen molar-refractivity contribution in [1.82, 2.24) is 9.88 Å². The summed E-state index contributed by atoms with van der Waals surface area (Å²) in [5, 5.41) is 13.7. The van der Waals surface area contributed by atoms with Crippen LogP contribution >= 0.6 is 0 Å². The zero-order valence-corrected chi connectivity index (χ0v) is 22.3. The molecule has 0 bridgehead atoms. The lowest BCUT2D eigenvalue weighted by Crippen LogP contribution is -2.36. The third-order valence-electron chi connectivity index (χ3n) is 6.87. The van der Waals surface area contributed by atoms with Gasteiger partial charge in [-0.25, -0.2) is 0 Å². The highest BCUT2D eigenvalue weighted by Gasteiger charge is 2.23. The highest BCUT2D eigenvalue weighted by Crippen LogP contribution is 2.41. The maximum atomic E-state index is 12.6. The smallest absolute Gasteiger partial charge is 0.258 e. The quantitative estimate of drug-likeness (QED) is 0.444. The van der Waals surface area contributed by atoms with Crippen LogP contribution in [0.15, 0.2) is 53.5 Å². The lowest BCUT2D eigenvalue weighted by molar-refractivity contribution is -0.123. The number of carbonyl (C=O) groups is 1. The maximum Gasteiger partial charge on any atom is 0.258 e. The molecule has 0 spiro atoms. The molecule has 1 aromatic heterocycles. The number of rotatable bonds is 8. The summed E-state index contributed by atoms with van der Waals surface area (Å²) in [6.45, 7) is 7.19. The number of aromatic nitrogens is 1. The van der Waals surface area contributed by atoms with Crippen LogP contribution in [0.3, 0.4) is 0 Å². The standard InChI is InChI=1S/C30H36N2O5/c1-19-9-8-10-20(2)29(19)37-25-14-13-21(30(3,4)35)15-23(25)24-17-32(5)28(34)16-26(24)36-18-27(33)31-22-11-6-7-12-22/h8-10,13-17,22,35H,6-7,11-12,18H2,1-5H3,(H,31,33). The fourth-order valence-corrected chi connectivity index (χ4v) is 4.70. The van der Waals surface area contributed by atoms with Gasteiger partial charge in [0.1, 0.15) is 17.2 Å². The van der Waals surface area contributed by atoms with Crippen molar-refractivity contribution in [3.05, 3.63) is 75.7 Å². The summed E-state index contributed by atoms with van der Waals surface area (Å²) in [6, 6.07) is 13.0. The molecule has 1 heterocycles. The summed E-state index contributed by atoms with van der Waals surface area (Å²) >= 11 is 0. The third kappa shape index (κ3) is 6.23. The molecule has 0 saturated heterocycles. The Bertz CT molecular complexity index is 1330. The van der Waals surface area contributed by atoms with Gasteiger partial charge in [-0.05, 0) is 69.4 Å². The summed E-state index contributed by atoms with van der Waals surface area (Å²) in [6.07, 6.45) is 5.86. The molecular formula is C30H36N2O5. The Labute approximate surface area is 218 Å². The molecule has 0 radical (unpaired) electrons. The summed E-state index contributed by atoms with van der Waals surface area (Å²) in [5.41, 5.74) is 2.51. The molecule has 1 saturated carbocycles. The first-order chi connectivity index (χ1) is 17.5. The Hall–Kier alpha value is -3.58. The molecule has 3 aromatic rings. The number of ether oxygens (including phenoxy) is 2. The molecule has 4 rings (SSSR count). The minimum absolute atomic E-state index is 0.181. The minimum atomic E-state index is -1.10. The SMILES string of the molecule is Cc1cccc(C)c1Oc1ccc(C(C)(C)O)cc1-c1cn(C)c(=O)cc1OCC(=O)NC1CCCC1. The van der Waals surface area contributed by atoms with Crippen LogP contribution in [-0.4, -0.2) is 28.2 Å². The van der Waals surface area contributed by atoms with Gasteiger partial charge in [0.25, 0.3) is 11.5 Å². The van der Waals surface area contributed by atoms with Crippen molar-refractivity contribution in [2.24, 2.45) is 7.05 Å². The Kier molecular flexibility index (Phi) is 7.73. The molecule has 1 aliphatic rings. The number of pyridine rings is 1. The van der Waals surface area contributed by atoms with Crippen LogP contribution in [0.4, 0.5) is 0 Å². The molecular weight excluding hydrogens is 468 g/mol. The zero-order valence-electron chi connectivity index (χ0n) is 22.3. The second kappa shape index (κ2) is 10.8. The first-order valence-electron chi connectivity index (χ1n) is 12.8. The number of amides is 1. The summed E-state index contributed by atoms with van der Waals surface area (Å²) < 4.78 is 13.8. The van der Waals surface area contributed by atoms with E-state index < -0.39 is 5.60 Å². The van der Waals surface area contributed by atoms with Crippen molar-refractivity contribution in [3.63, 3.8) is 0 Å². The first kappa shape index (κ1) is 26.5. The maximum absolute atomic E-state index is 12.6. The number of benzene rings is 2. The molecule has 37 heavy (non-hydrogen) atoms. The molecule has 1 aliphatic carbocycles.